The predicted molar refractivity (Wildman–Crippen MR) is 138 cm³/mol. The van der Waals surface area contributed by atoms with Crippen LogP contribution in [0.1, 0.15) is 24.0 Å². The van der Waals surface area contributed by atoms with E-state index in [0.717, 1.165) is 18.4 Å². The van der Waals surface area contributed by atoms with Crippen molar-refractivity contribution < 1.29 is 22.6 Å². The van der Waals surface area contributed by atoms with Crippen LogP contribution in [-0.2, 0) is 6.61 Å². The minimum Gasteiger partial charge on any atom is -0.491 e. The highest BCUT2D eigenvalue weighted by Gasteiger charge is 2.16. The van der Waals surface area contributed by atoms with Crippen LogP contribution in [0.5, 0.6) is 11.5 Å². The van der Waals surface area contributed by atoms with Crippen LogP contribution in [0.4, 0.5) is 13.2 Å². The van der Waals surface area contributed by atoms with Gasteiger partial charge in [0.25, 0.3) is 0 Å². The molecule has 0 amide bonds. The summed E-state index contributed by atoms with van der Waals surface area (Å²) in [6.07, 6.45) is 3.38. The SMILES string of the molecule is C=CCCCOc1ccc(COc2ccc(-c3ccc(-c4ccc(C)cc4)c(F)c3F)cc2)cc1F. The van der Waals surface area contributed by atoms with Gasteiger partial charge in [-0.15, -0.1) is 6.58 Å². The van der Waals surface area contributed by atoms with Gasteiger partial charge in [0.05, 0.1) is 6.61 Å². The van der Waals surface area contributed by atoms with Crippen molar-refractivity contribution in [1.29, 1.82) is 0 Å². The van der Waals surface area contributed by atoms with Gasteiger partial charge in [-0.05, 0) is 60.7 Å². The molecule has 5 heteroatoms. The number of aryl methyl sites for hydroxylation is 1. The van der Waals surface area contributed by atoms with Gasteiger partial charge in [0, 0.05) is 11.1 Å². The van der Waals surface area contributed by atoms with Crippen LogP contribution in [0.3, 0.4) is 0 Å². The molecule has 2 nitrogen and oxygen atoms in total. The van der Waals surface area contributed by atoms with E-state index >= 15 is 0 Å². The summed E-state index contributed by atoms with van der Waals surface area (Å²) in [5, 5.41) is 0. The van der Waals surface area contributed by atoms with Gasteiger partial charge in [-0.2, -0.15) is 0 Å². The monoisotopic (exact) mass is 488 g/mol. The van der Waals surface area contributed by atoms with Crippen molar-refractivity contribution in [3.05, 3.63) is 120 Å². The Balaban J connectivity index is 1.41. The van der Waals surface area contributed by atoms with Crippen LogP contribution < -0.4 is 9.47 Å². The fourth-order valence-electron chi connectivity index (χ4n) is 3.79. The van der Waals surface area contributed by atoms with E-state index in [2.05, 4.69) is 6.58 Å². The van der Waals surface area contributed by atoms with Crippen molar-refractivity contribution in [3.63, 3.8) is 0 Å². The van der Waals surface area contributed by atoms with E-state index in [1.807, 2.05) is 19.1 Å². The minimum absolute atomic E-state index is 0.154. The summed E-state index contributed by atoms with van der Waals surface area (Å²) in [7, 11) is 0. The van der Waals surface area contributed by atoms with E-state index < -0.39 is 17.5 Å². The van der Waals surface area contributed by atoms with Gasteiger partial charge in [-0.3, -0.25) is 0 Å². The number of ether oxygens (including phenoxy) is 2. The van der Waals surface area contributed by atoms with E-state index in [4.69, 9.17) is 9.47 Å². The minimum atomic E-state index is -0.899. The van der Waals surface area contributed by atoms with Gasteiger partial charge in [0.1, 0.15) is 12.4 Å². The highest BCUT2D eigenvalue weighted by molar-refractivity contribution is 5.72. The average Bonchev–Trinajstić information content (AvgIpc) is 2.89. The Kier molecular flexibility index (Phi) is 8.11. The summed E-state index contributed by atoms with van der Waals surface area (Å²) in [5.74, 6) is -1.50. The Labute approximate surface area is 209 Å². The molecule has 0 bridgehead atoms. The van der Waals surface area contributed by atoms with E-state index in [9.17, 15) is 13.2 Å². The van der Waals surface area contributed by atoms with Crippen molar-refractivity contribution >= 4 is 0 Å². The predicted octanol–water partition coefficient (Wildman–Crippen LogP) is 8.67. The van der Waals surface area contributed by atoms with Crippen molar-refractivity contribution in [2.24, 2.45) is 0 Å². The first-order chi connectivity index (χ1) is 17.5. The first kappa shape index (κ1) is 25.1. The van der Waals surface area contributed by atoms with Crippen LogP contribution in [0.25, 0.3) is 22.3 Å². The molecule has 0 saturated heterocycles. The Hall–Kier alpha value is -3.99. The number of hydrogen-bond donors (Lipinski definition) is 0. The highest BCUT2D eigenvalue weighted by atomic mass is 19.2. The lowest BCUT2D eigenvalue weighted by atomic mass is 9.98. The van der Waals surface area contributed by atoms with Gasteiger partial charge < -0.3 is 9.47 Å². The Morgan fingerprint density at radius 3 is 1.94 bits per heavy atom. The summed E-state index contributed by atoms with van der Waals surface area (Å²) >= 11 is 0. The summed E-state index contributed by atoms with van der Waals surface area (Å²) in [6, 6.07) is 21.8. The number of rotatable bonds is 10. The molecule has 184 valence electrons. The third-order valence-corrected chi connectivity index (χ3v) is 5.82. The van der Waals surface area contributed by atoms with Crippen LogP contribution in [0, 0.1) is 24.4 Å². The molecule has 0 aliphatic rings. The first-order valence-electron chi connectivity index (χ1n) is 11.8. The molecule has 0 aliphatic carbocycles. The van der Waals surface area contributed by atoms with E-state index in [1.165, 1.54) is 6.07 Å². The van der Waals surface area contributed by atoms with Gasteiger partial charge in [0.15, 0.2) is 23.2 Å². The maximum atomic E-state index is 14.9. The Bertz CT molecular complexity index is 1330. The van der Waals surface area contributed by atoms with Gasteiger partial charge in [-0.25, -0.2) is 13.2 Å². The van der Waals surface area contributed by atoms with Crippen LogP contribution in [-0.4, -0.2) is 6.61 Å². The summed E-state index contributed by atoms with van der Waals surface area (Å²) in [5.41, 5.74) is 3.23. The molecule has 4 rings (SSSR count). The quantitative estimate of drug-likeness (QED) is 0.164. The number of benzene rings is 4. The van der Waals surface area contributed by atoms with Crippen molar-refractivity contribution in [1.82, 2.24) is 0 Å². The third kappa shape index (κ3) is 5.98. The second-order valence-electron chi connectivity index (χ2n) is 8.51. The molecule has 4 aromatic rings. The normalized spacial score (nSPS) is 10.8. The number of halogens is 3. The van der Waals surface area contributed by atoms with E-state index in [0.29, 0.717) is 29.0 Å². The molecular weight excluding hydrogens is 461 g/mol. The Morgan fingerprint density at radius 1 is 0.750 bits per heavy atom. The molecule has 0 aromatic heterocycles. The highest BCUT2D eigenvalue weighted by Crippen LogP contribution is 2.32. The molecule has 0 unspecified atom stereocenters. The molecule has 0 spiro atoms. The molecular formula is C31H27F3O2. The number of hydrogen-bond acceptors (Lipinski definition) is 2. The van der Waals surface area contributed by atoms with Gasteiger partial charge in [0.2, 0.25) is 0 Å². The summed E-state index contributed by atoms with van der Waals surface area (Å²) in [4.78, 5) is 0. The Morgan fingerprint density at radius 2 is 1.36 bits per heavy atom. The molecule has 0 saturated carbocycles. The van der Waals surface area contributed by atoms with Crippen LogP contribution in [0.15, 0.2) is 91.5 Å². The molecule has 0 radical (unpaired) electrons. The van der Waals surface area contributed by atoms with Crippen molar-refractivity contribution in [2.45, 2.75) is 26.4 Å². The second-order valence-corrected chi connectivity index (χ2v) is 8.51. The fourth-order valence-corrected chi connectivity index (χ4v) is 3.79. The molecule has 0 N–H and O–H groups in total. The standard InChI is InChI=1S/C31H27F3O2/c1-3-4-5-18-35-29-17-8-22(19-28(29)32)20-36-25-13-11-24(12-14-25)27-16-15-26(30(33)31(27)34)23-9-6-21(2)7-10-23/h3,6-17,19H,1,4-5,18,20H2,2H3. The van der Waals surface area contributed by atoms with Crippen molar-refractivity contribution in [2.75, 3.05) is 6.61 Å². The van der Waals surface area contributed by atoms with Gasteiger partial charge >= 0.3 is 0 Å². The largest absolute Gasteiger partial charge is 0.491 e. The molecule has 0 heterocycles. The maximum Gasteiger partial charge on any atom is 0.167 e. The second kappa shape index (κ2) is 11.6. The number of allylic oxidation sites excluding steroid dienone is 1. The van der Waals surface area contributed by atoms with Crippen LogP contribution >= 0.6 is 0 Å². The zero-order valence-corrected chi connectivity index (χ0v) is 20.1. The first-order valence-corrected chi connectivity index (χ1v) is 11.8. The zero-order chi connectivity index (χ0) is 25.5. The fraction of sp³-hybridized carbons (Fsp3) is 0.161. The van der Waals surface area contributed by atoms with Crippen molar-refractivity contribution in [3.8, 4) is 33.8 Å². The van der Waals surface area contributed by atoms with Gasteiger partial charge in [-0.1, -0.05) is 66.2 Å². The zero-order valence-electron chi connectivity index (χ0n) is 20.1. The molecule has 0 fully saturated rings. The molecule has 0 atom stereocenters. The number of unbranched alkanes of at least 4 members (excludes halogenated alkanes) is 1. The molecule has 36 heavy (non-hydrogen) atoms. The maximum absolute atomic E-state index is 14.9. The van der Waals surface area contributed by atoms with E-state index in [1.54, 1.807) is 66.7 Å². The smallest absolute Gasteiger partial charge is 0.167 e. The van der Waals surface area contributed by atoms with E-state index in [-0.39, 0.29) is 23.5 Å². The topological polar surface area (TPSA) is 18.5 Å². The lowest BCUT2D eigenvalue weighted by molar-refractivity contribution is 0.292. The lowest BCUT2D eigenvalue weighted by Crippen LogP contribution is -2.01. The molecule has 4 aromatic carbocycles. The summed E-state index contributed by atoms with van der Waals surface area (Å²) < 4.78 is 55.2. The summed E-state index contributed by atoms with van der Waals surface area (Å²) in [6.45, 7) is 6.16. The lowest BCUT2D eigenvalue weighted by Gasteiger charge is -2.11. The van der Waals surface area contributed by atoms with Crippen LogP contribution in [0.2, 0.25) is 0 Å². The average molecular weight is 489 g/mol. The third-order valence-electron chi connectivity index (χ3n) is 5.82. The molecule has 0 aliphatic heterocycles.